The van der Waals surface area contributed by atoms with E-state index in [1.807, 2.05) is 0 Å². The van der Waals surface area contributed by atoms with Crippen molar-refractivity contribution in [2.45, 2.75) is 0 Å². The molecule has 1 aromatic heterocycles. The number of halogens is 1. The largest absolute Gasteiger partial charge is 0.351 e. The standard InChI is InChI=1S/C9H12FN3O3S/c1-17(15,16)13-6-5-12-9(14)7-3-2-4-11-8(7)10/h2-4,13H,5-6H2,1H3,(H,12,14). The molecular weight excluding hydrogens is 249 g/mol. The molecule has 0 saturated carbocycles. The van der Waals surface area contributed by atoms with E-state index in [-0.39, 0.29) is 18.7 Å². The number of pyridine rings is 1. The van der Waals surface area contributed by atoms with E-state index in [0.717, 1.165) is 6.26 Å². The van der Waals surface area contributed by atoms with Gasteiger partial charge < -0.3 is 5.32 Å². The van der Waals surface area contributed by atoms with Crippen LogP contribution < -0.4 is 10.0 Å². The number of nitrogens with one attached hydrogen (secondary N) is 2. The summed E-state index contributed by atoms with van der Waals surface area (Å²) in [6.07, 6.45) is 2.24. The van der Waals surface area contributed by atoms with Crippen LogP contribution in [0.3, 0.4) is 0 Å². The second-order valence-corrected chi connectivity index (χ2v) is 5.10. The van der Waals surface area contributed by atoms with Crippen LogP contribution in [0.25, 0.3) is 0 Å². The third kappa shape index (κ3) is 4.87. The maximum Gasteiger partial charge on any atom is 0.255 e. The Kier molecular flexibility index (Phi) is 4.53. The number of nitrogens with zero attached hydrogens (tertiary/aromatic N) is 1. The maximum atomic E-state index is 13.1. The molecule has 94 valence electrons. The first-order valence-electron chi connectivity index (χ1n) is 4.73. The molecule has 0 aliphatic carbocycles. The minimum absolute atomic E-state index is 0.0481. The Morgan fingerprint density at radius 3 is 2.76 bits per heavy atom. The van der Waals surface area contributed by atoms with Gasteiger partial charge in [0.05, 0.1) is 11.8 Å². The molecule has 6 nitrogen and oxygen atoms in total. The highest BCUT2D eigenvalue weighted by Crippen LogP contribution is 2.01. The highest BCUT2D eigenvalue weighted by Gasteiger charge is 2.11. The highest BCUT2D eigenvalue weighted by molar-refractivity contribution is 7.88. The van der Waals surface area contributed by atoms with E-state index in [2.05, 4.69) is 15.0 Å². The summed E-state index contributed by atoms with van der Waals surface area (Å²) in [4.78, 5) is 14.8. The van der Waals surface area contributed by atoms with Crippen LogP contribution in [-0.4, -0.2) is 38.7 Å². The van der Waals surface area contributed by atoms with Crippen LogP contribution in [0, 0.1) is 5.95 Å². The molecule has 0 unspecified atom stereocenters. The van der Waals surface area contributed by atoms with Crippen molar-refractivity contribution in [1.29, 1.82) is 0 Å². The molecule has 8 heteroatoms. The molecule has 1 amide bonds. The van der Waals surface area contributed by atoms with Crippen LogP contribution in [0.15, 0.2) is 18.3 Å². The summed E-state index contributed by atoms with van der Waals surface area (Å²) in [5.41, 5.74) is -0.174. The lowest BCUT2D eigenvalue weighted by Crippen LogP contribution is -2.34. The quantitative estimate of drug-likeness (QED) is 0.552. The van der Waals surface area contributed by atoms with Crippen molar-refractivity contribution in [2.24, 2.45) is 0 Å². The zero-order valence-electron chi connectivity index (χ0n) is 9.10. The summed E-state index contributed by atoms with van der Waals surface area (Å²) in [5, 5.41) is 2.37. The summed E-state index contributed by atoms with van der Waals surface area (Å²) < 4.78 is 36.7. The van der Waals surface area contributed by atoms with Gasteiger partial charge in [0, 0.05) is 19.3 Å². The van der Waals surface area contributed by atoms with Crippen LogP contribution in [0.4, 0.5) is 4.39 Å². The molecule has 0 aliphatic heterocycles. The lowest BCUT2D eigenvalue weighted by atomic mass is 10.2. The van der Waals surface area contributed by atoms with Crippen LogP contribution in [-0.2, 0) is 10.0 Å². The van der Waals surface area contributed by atoms with E-state index in [0.29, 0.717) is 0 Å². The van der Waals surface area contributed by atoms with Crippen LogP contribution >= 0.6 is 0 Å². The fourth-order valence-electron chi connectivity index (χ4n) is 1.06. The van der Waals surface area contributed by atoms with Gasteiger partial charge in [0.2, 0.25) is 16.0 Å². The van der Waals surface area contributed by atoms with E-state index in [9.17, 15) is 17.6 Å². The molecule has 0 spiro atoms. The average Bonchev–Trinajstić information content (AvgIpc) is 2.23. The smallest absolute Gasteiger partial charge is 0.255 e. The van der Waals surface area contributed by atoms with Gasteiger partial charge in [-0.3, -0.25) is 4.79 Å². The Morgan fingerprint density at radius 2 is 2.18 bits per heavy atom. The molecular formula is C9H12FN3O3S. The Hall–Kier alpha value is -1.54. The predicted octanol–water partition coefficient (Wildman–Crippen LogP) is -0.500. The van der Waals surface area contributed by atoms with Gasteiger partial charge in [0.25, 0.3) is 5.91 Å². The van der Waals surface area contributed by atoms with E-state index >= 15 is 0 Å². The molecule has 0 aromatic carbocycles. The number of rotatable bonds is 5. The average molecular weight is 261 g/mol. The molecule has 0 saturated heterocycles. The monoisotopic (exact) mass is 261 g/mol. The first-order chi connectivity index (χ1) is 7.90. The van der Waals surface area contributed by atoms with Crippen molar-refractivity contribution in [2.75, 3.05) is 19.3 Å². The van der Waals surface area contributed by atoms with Crippen molar-refractivity contribution >= 4 is 15.9 Å². The normalized spacial score (nSPS) is 11.2. The summed E-state index contributed by atoms with van der Waals surface area (Å²) in [5.74, 6) is -1.49. The first kappa shape index (κ1) is 13.5. The van der Waals surface area contributed by atoms with Gasteiger partial charge in [-0.1, -0.05) is 0 Å². The van der Waals surface area contributed by atoms with Gasteiger partial charge in [0.15, 0.2) is 0 Å². The SMILES string of the molecule is CS(=O)(=O)NCCNC(=O)c1cccnc1F. The number of aromatic nitrogens is 1. The Labute approximate surface area is 98.3 Å². The number of carbonyl (C=O) groups is 1. The minimum atomic E-state index is -3.28. The molecule has 17 heavy (non-hydrogen) atoms. The molecule has 0 radical (unpaired) electrons. The fourth-order valence-corrected chi connectivity index (χ4v) is 1.54. The van der Waals surface area contributed by atoms with Gasteiger partial charge in [0.1, 0.15) is 0 Å². The lowest BCUT2D eigenvalue weighted by molar-refractivity contribution is 0.0949. The van der Waals surface area contributed by atoms with Crippen LogP contribution in [0.5, 0.6) is 0 Å². The molecule has 1 heterocycles. The van der Waals surface area contributed by atoms with Crippen molar-refractivity contribution in [1.82, 2.24) is 15.0 Å². The van der Waals surface area contributed by atoms with Crippen molar-refractivity contribution in [3.8, 4) is 0 Å². The topological polar surface area (TPSA) is 88.2 Å². The third-order valence-electron chi connectivity index (χ3n) is 1.78. The molecule has 1 rings (SSSR count). The predicted molar refractivity (Wildman–Crippen MR) is 59.4 cm³/mol. The van der Waals surface area contributed by atoms with Gasteiger partial charge >= 0.3 is 0 Å². The van der Waals surface area contributed by atoms with Gasteiger partial charge in [-0.15, -0.1) is 0 Å². The zero-order chi connectivity index (χ0) is 12.9. The van der Waals surface area contributed by atoms with Gasteiger partial charge in [-0.05, 0) is 12.1 Å². The van der Waals surface area contributed by atoms with E-state index < -0.39 is 21.9 Å². The maximum absolute atomic E-state index is 13.1. The minimum Gasteiger partial charge on any atom is -0.351 e. The number of hydrogen-bond acceptors (Lipinski definition) is 4. The number of carbonyl (C=O) groups excluding carboxylic acids is 1. The Morgan fingerprint density at radius 1 is 1.47 bits per heavy atom. The number of hydrogen-bond donors (Lipinski definition) is 2. The summed E-state index contributed by atoms with van der Waals surface area (Å²) >= 11 is 0. The van der Waals surface area contributed by atoms with Crippen molar-refractivity contribution < 1.29 is 17.6 Å². The van der Waals surface area contributed by atoms with Crippen LogP contribution in [0.1, 0.15) is 10.4 Å². The van der Waals surface area contributed by atoms with Crippen molar-refractivity contribution in [3.63, 3.8) is 0 Å². The third-order valence-corrected chi connectivity index (χ3v) is 2.51. The Bertz CT molecular complexity index is 504. The molecule has 2 N–H and O–H groups in total. The molecule has 1 aromatic rings. The molecule has 0 atom stereocenters. The molecule has 0 fully saturated rings. The second kappa shape index (κ2) is 5.69. The molecule has 0 bridgehead atoms. The highest BCUT2D eigenvalue weighted by atomic mass is 32.2. The van der Waals surface area contributed by atoms with Crippen LogP contribution in [0.2, 0.25) is 0 Å². The first-order valence-corrected chi connectivity index (χ1v) is 6.62. The van der Waals surface area contributed by atoms with E-state index in [4.69, 9.17) is 0 Å². The number of amides is 1. The van der Waals surface area contributed by atoms with Crippen molar-refractivity contribution in [3.05, 3.63) is 29.8 Å². The summed E-state index contributed by atoms with van der Waals surface area (Å²) in [7, 11) is -3.28. The second-order valence-electron chi connectivity index (χ2n) is 3.26. The fraction of sp³-hybridized carbons (Fsp3) is 0.333. The van der Waals surface area contributed by atoms with E-state index in [1.165, 1.54) is 18.3 Å². The number of sulfonamides is 1. The lowest BCUT2D eigenvalue weighted by Gasteiger charge is -2.05. The Balaban J connectivity index is 2.44. The summed E-state index contributed by atoms with van der Waals surface area (Å²) in [6.45, 7) is 0.118. The zero-order valence-corrected chi connectivity index (χ0v) is 9.92. The van der Waals surface area contributed by atoms with Gasteiger partial charge in [-0.2, -0.15) is 4.39 Å². The summed E-state index contributed by atoms with van der Waals surface area (Å²) in [6, 6.07) is 2.73. The van der Waals surface area contributed by atoms with Gasteiger partial charge in [-0.25, -0.2) is 18.1 Å². The van der Waals surface area contributed by atoms with E-state index in [1.54, 1.807) is 0 Å². The molecule has 0 aliphatic rings.